The monoisotopic (exact) mass is 326 g/mol. The molecule has 1 aliphatic rings. The molecule has 2 aromatic carbocycles. The maximum atomic E-state index is 5.66. The fourth-order valence-electron chi connectivity index (χ4n) is 2.62. The molecular formula is C19H22N2O3. The Morgan fingerprint density at radius 3 is 2.33 bits per heavy atom. The molecule has 1 aliphatic heterocycles. The van der Waals surface area contributed by atoms with Crippen LogP contribution in [0.15, 0.2) is 47.5 Å². The zero-order valence-corrected chi connectivity index (χ0v) is 14.2. The number of nitrogens with zero attached hydrogens (tertiary/aromatic N) is 1. The van der Waals surface area contributed by atoms with Gasteiger partial charge in [-0.2, -0.15) is 0 Å². The summed E-state index contributed by atoms with van der Waals surface area (Å²) in [6.45, 7) is 7.15. The molecule has 2 aromatic rings. The molecule has 5 heteroatoms. The molecule has 0 amide bonds. The number of hydroxylamine groups is 1. The van der Waals surface area contributed by atoms with E-state index >= 15 is 0 Å². The van der Waals surface area contributed by atoms with Gasteiger partial charge in [-0.1, -0.05) is 24.3 Å². The van der Waals surface area contributed by atoms with Crippen molar-refractivity contribution >= 4 is 5.84 Å². The second-order valence-electron chi connectivity index (χ2n) is 5.47. The predicted molar refractivity (Wildman–Crippen MR) is 93.5 cm³/mol. The number of aryl methyl sites for hydroxylation is 1. The van der Waals surface area contributed by atoms with Crippen LogP contribution in [0.3, 0.4) is 0 Å². The van der Waals surface area contributed by atoms with Crippen LogP contribution in [0.5, 0.6) is 11.5 Å². The highest BCUT2D eigenvalue weighted by atomic mass is 16.7. The second-order valence-corrected chi connectivity index (χ2v) is 5.47. The number of benzene rings is 2. The maximum Gasteiger partial charge on any atom is 0.203 e. The summed E-state index contributed by atoms with van der Waals surface area (Å²) in [4.78, 5) is 10.3. The van der Waals surface area contributed by atoms with E-state index in [2.05, 4.69) is 23.5 Å². The second kappa shape index (κ2) is 7.36. The van der Waals surface area contributed by atoms with E-state index in [0.29, 0.717) is 13.2 Å². The lowest BCUT2D eigenvalue weighted by atomic mass is 10.1. The number of ether oxygens (including phenoxy) is 2. The lowest BCUT2D eigenvalue weighted by Crippen LogP contribution is -2.19. The Hall–Kier alpha value is -2.53. The van der Waals surface area contributed by atoms with E-state index in [1.807, 2.05) is 50.2 Å². The van der Waals surface area contributed by atoms with Crippen LogP contribution in [-0.4, -0.2) is 19.0 Å². The van der Waals surface area contributed by atoms with Gasteiger partial charge >= 0.3 is 0 Å². The minimum atomic E-state index is -0.431. The first-order valence-corrected chi connectivity index (χ1v) is 8.17. The molecule has 126 valence electrons. The van der Waals surface area contributed by atoms with Crippen LogP contribution in [0.25, 0.3) is 0 Å². The number of nitrogens with one attached hydrogen (secondary N) is 1. The molecule has 0 bridgehead atoms. The first-order valence-electron chi connectivity index (χ1n) is 8.17. The lowest BCUT2D eigenvalue weighted by molar-refractivity contribution is 0.0374. The maximum absolute atomic E-state index is 5.66. The number of rotatable bonds is 6. The molecule has 0 spiro atoms. The fraction of sp³-hybridized carbons (Fsp3) is 0.316. The molecule has 0 saturated heterocycles. The molecule has 0 aliphatic carbocycles. The van der Waals surface area contributed by atoms with E-state index in [0.717, 1.165) is 34.0 Å². The van der Waals surface area contributed by atoms with Crippen molar-refractivity contribution in [2.75, 3.05) is 13.2 Å². The van der Waals surface area contributed by atoms with Crippen LogP contribution in [0.1, 0.15) is 36.8 Å². The van der Waals surface area contributed by atoms with Crippen LogP contribution in [0.4, 0.5) is 0 Å². The van der Waals surface area contributed by atoms with Crippen LogP contribution < -0.4 is 15.0 Å². The summed E-state index contributed by atoms with van der Waals surface area (Å²) in [6, 6.07) is 13.8. The van der Waals surface area contributed by atoms with Gasteiger partial charge in [-0.15, -0.1) is 0 Å². The first kappa shape index (κ1) is 16.3. The number of hydrogen-bond donors (Lipinski definition) is 1. The van der Waals surface area contributed by atoms with Gasteiger partial charge in [0.15, 0.2) is 5.84 Å². The van der Waals surface area contributed by atoms with Crippen LogP contribution in [0, 0.1) is 6.92 Å². The van der Waals surface area contributed by atoms with Crippen molar-refractivity contribution in [1.82, 2.24) is 5.48 Å². The Bertz CT molecular complexity index is 719. The number of hydrogen-bond acceptors (Lipinski definition) is 5. The van der Waals surface area contributed by atoms with Gasteiger partial charge in [0.25, 0.3) is 0 Å². The van der Waals surface area contributed by atoms with Crippen LogP contribution >= 0.6 is 0 Å². The Balaban J connectivity index is 1.90. The molecule has 1 unspecified atom stereocenters. The Morgan fingerprint density at radius 2 is 1.71 bits per heavy atom. The molecule has 0 saturated carbocycles. The largest absolute Gasteiger partial charge is 0.494 e. The zero-order chi connectivity index (χ0) is 16.9. The van der Waals surface area contributed by atoms with Gasteiger partial charge in [0.1, 0.15) is 11.5 Å². The third kappa shape index (κ3) is 3.51. The van der Waals surface area contributed by atoms with Crippen molar-refractivity contribution in [2.45, 2.75) is 27.0 Å². The molecule has 0 fully saturated rings. The summed E-state index contributed by atoms with van der Waals surface area (Å²) in [7, 11) is 0. The van der Waals surface area contributed by atoms with Crippen molar-refractivity contribution in [3.05, 3.63) is 59.2 Å². The third-order valence-corrected chi connectivity index (χ3v) is 3.72. The molecule has 3 rings (SSSR count). The van der Waals surface area contributed by atoms with Gasteiger partial charge in [-0.3, -0.25) is 0 Å². The predicted octanol–water partition coefficient (Wildman–Crippen LogP) is 3.77. The molecule has 0 radical (unpaired) electrons. The van der Waals surface area contributed by atoms with Gasteiger partial charge in [0.05, 0.1) is 13.2 Å². The summed E-state index contributed by atoms with van der Waals surface area (Å²) in [5, 5.41) is 0. The summed E-state index contributed by atoms with van der Waals surface area (Å²) in [5.74, 6) is 2.24. The van der Waals surface area contributed by atoms with E-state index in [1.54, 1.807) is 0 Å². The van der Waals surface area contributed by atoms with E-state index in [9.17, 15) is 0 Å². The standard InChI is InChI=1S/C19H22N2O3/c1-4-22-15-10-14(11-16(12-15)23-5-2)19-20-18(21-24-19)17-9-7-6-8-13(17)3/h6-12,19H,4-5H2,1-3H3,(H,20,21). The van der Waals surface area contributed by atoms with Crippen LogP contribution in [-0.2, 0) is 4.84 Å². The highest BCUT2D eigenvalue weighted by Crippen LogP contribution is 2.31. The van der Waals surface area contributed by atoms with Crippen molar-refractivity contribution in [3.8, 4) is 11.5 Å². The SMILES string of the molecule is CCOc1cc(OCC)cc(C2N=C(c3ccccc3C)NO2)c1. The highest BCUT2D eigenvalue weighted by Gasteiger charge is 2.23. The van der Waals surface area contributed by atoms with Crippen molar-refractivity contribution < 1.29 is 14.3 Å². The normalized spacial score (nSPS) is 16.5. The number of amidine groups is 1. The van der Waals surface area contributed by atoms with Gasteiger partial charge < -0.3 is 9.47 Å². The summed E-state index contributed by atoms with van der Waals surface area (Å²) in [5.41, 5.74) is 6.00. The van der Waals surface area contributed by atoms with E-state index in [1.165, 1.54) is 0 Å². The van der Waals surface area contributed by atoms with E-state index < -0.39 is 6.23 Å². The van der Waals surface area contributed by atoms with E-state index in [4.69, 9.17) is 14.3 Å². The minimum absolute atomic E-state index is 0.431. The smallest absolute Gasteiger partial charge is 0.203 e. The molecular weight excluding hydrogens is 304 g/mol. The lowest BCUT2D eigenvalue weighted by Gasteiger charge is -2.12. The Labute approximate surface area is 142 Å². The van der Waals surface area contributed by atoms with Gasteiger partial charge in [0.2, 0.25) is 6.23 Å². The van der Waals surface area contributed by atoms with Crippen molar-refractivity contribution in [3.63, 3.8) is 0 Å². The average molecular weight is 326 g/mol. The highest BCUT2D eigenvalue weighted by molar-refractivity contribution is 6.00. The molecule has 5 nitrogen and oxygen atoms in total. The fourth-order valence-corrected chi connectivity index (χ4v) is 2.62. The average Bonchev–Trinajstić information content (AvgIpc) is 3.05. The summed E-state index contributed by atoms with van der Waals surface area (Å²) >= 11 is 0. The molecule has 1 atom stereocenters. The first-order chi connectivity index (χ1) is 11.7. The Morgan fingerprint density at radius 1 is 1.04 bits per heavy atom. The molecule has 1 N–H and O–H groups in total. The molecule has 24 heavy (non-hydrogen) atoms. The van der Waals surface area contributed by atoms with E-state index in [-0.39, 0.29) is 0 Å². The van der Waals surface area contributed by atoms with Gasteiger partial charge in [-0.25, -0.2) is 15.3 Å². The third-order valence-electron chi connectivity index (χ3n) is 3.72. The number of aliphatic imine (C=N–C) groups is 1. The molecule has 1 heterocycles. The molecule has 0 aromatic heterocycles. The summed E-state index contributed by atoms with van der Waals surface area (Å²) < 4.78 is 11.2. The topological polar surface area (TPSA) is 52.1 Å². The van der Waals surface area contributed by atoms with Crippen molar-refractivity contribution in [2.24, 2.45) is 4.99 Å². The van der Waals surface area contributed by atoms with Crippen LogP contribution in [0.2, 0.25) is 0 Å². The summed E-state index contributed by atoms with van der Waals surface area (Å²) in [6.07, 6.45) is -0.431. The Kier molecular flexibility index (Phi) is 5.01. The zero-order valence-electron chi connectivity index (χ0n) is 14.2. The van der Waals surface area contributed by atoms with Gasteiger partial charge in [0, 0.05) is 17.2 Å². The van der Waals surface area contributed by atoms with Gasteiger partial charge in [-0.05, 0) is 38.5 Å². The van der Waals surface area contributed by atoms with Crippen molar-refractivity contribution in [1.29, 1.82) is 0 Å². The minimum Gasteiger partial charge on any atom is -0.494 e. The quantitative estimate of drug-likeness (QED) is 0.878.